The molecule has 3 rings (SSSR count). The van der Waals surface area contributed by atoms with E-state index < -0.39 is 0 Å². The second-order valence-electron chi connectivity index (χ2n) is 6.00. The third kappa shape index (κ3) is 5.37. The van der Waals surface area contributed by atoms with Crippen molar-refractivity contribution in [2.75, 3.05) is 33.0 Å². The highest BCUT2D eigenvalue weighted by atomic mass is 127. The molecule has 1 aliphatic rings. The van der Waals surface area contributed by atoms with E-state index in [1.807, 2.05) is 31.2 Å². The Morgan fingerprint density at radius 2 is 2.15 bits per heavy atom. The molecule has 2 aromatic rings. The number of rotatable bonds is 4. The van der Waals surface area contributed by atoms with Gasteiger partial charge >= 0.3 is 0 Å². The zero-order chi connectivity index (χ0) is 17.6. The lowest BCUT2D eigenvalue weighted by Crippen LogP contribution is -2.47. The van der Waals surface area contributed by atoms with Crippen molar-refractivity contribution < 1.29 is 4.74 Å². The van der Waals surface area contributed by atoms with Gasteiger partial charge in [0.15, 0.2) is 5.96 Å². The van der Waals surface area contributed by atoms with Crippen LogP contribution < -0.4 is 5.32 Å². The van der Waals surface area contributed by atoms with Crippen LogP contribution in [0.1, 0.15) is 17.2 Å². The van der Waals surface area contributed by atoms with E-state index in [0.717, 1.165) is 31.2 Å². The molecular formula is C18H26IN5OS. The molecular weight excluding hydrogens is 461 g/mol. The first-order valence-corrected chi connectivity index (χ1v) is 9.60. The van der Waals surface area contributed by atoms with Crippen LogP contribution in [-0.4, -0.2) is 53.6 Å². The second-order valence-corrected chi connectivity index (χ2v) is 6.88. The lowest BCUT2D eigenvalue weighted by Gasteiger charge is -2.34. The molecule has 1 atom stereocenters. The summed E-state index contributed by atoms with van der Waals surface area (Å²) in [4.78, 5) is 7.97. The van der Waals surface area contributed by atoms with Crippen molar-refractivity contribution in [1.29, 1.82) is 0 Å². The van der Waals surface area contributed by atoms with Crippen molar-refractivity contribution in [3.05, 3.63) is 47.8 Å². The summed E-state index contributed by atoms with van der Waals surface area (Å²) in [6, 6.07) is 8.61. The van der Waals surface area contributed by atoms with Crippen LogP contribution >= 0.6 is 35.7 Å². The van der Waals surface area contributed by atoms with E-state index >= 15 is 0 Å². The van der Waals surface area contributed by atoms with Gasteiger partial charge in [-0.25, -0.2) is 0 Å². The van der Waals surface area contributed by atoms with Gasteiger partial charge in [-0.15, -0.1) is 35.7 Å². The Kier molecular flexibility index (Phi) is 8.23. The molecule has 0 spiro atoms. The molecule has 2 heterocycles. The number of thioether (sulfide) groups is 1. The topological polar surface area (TPSA) is 54.7 Å². The fourth-order valence-electron chi connectivity index (χ4n) is 2.91. The monoisotopic (exact) mass is 487 g/mol. The van der Waals surface area contributed by atoms with Crippen LogP contribution in [0.5, 0.6) is 0 Å². The number of aryl methyl sites for hydroxylation is 1. The van der Waals surface area contributed by atoms with Crippen LogP contribution in [-0.2, 0) is 18.3 Å². The van der Waals surface area contributed by atoms with Crippen LogP contribution in [0.15, 0.2) is 46.5 Å². The van der Waals surface area contributed by atoms with Crippen molar-refractivity contribution in [3.8, 4) is 0 Å². The molecule has 142 valence electrons. The summed E-state index contributed by atoms with van der Waals surface area (Å²) < 4.78 is 7.72. The second kappa shape index (κ2) is 10.2. The van der Waals surface area contributed by atoms with Gasteiger partial charge in [0.2, 0.25) is 0 Å². The quantitative estimate of drug-likeness (QED) is 0.311. The molecule has 26 heavy (non-hydrogen) atoms. The smallest absolute Gasteiger partial charge is 0.194 e. The predicted molar refractivity (Wildman–Crippen MR) is 117 cm³/mol. The molecule has 1 N–H and O–H groups in total. The fraction of sp³-hybridized carbons (Fsp3) is 0.444. The average Bonchev–Trinajstić information content (AvgIpc) is 3.09. The Morgan fingerprint density at radius 3 is 2.77 bits per heavy atom. The maximum Gasteiger partial charge on any atom is 0.194 e. The van der Waals surface area contributed by atoms with Crippen molar-refractivity contribution in [1.82, 2.24) is 20.0 Å². The number of halogens is 1. The van der Waals surface area contributed by atoms with Crippen molar-refractivity contribution in [2.45, 2.75) is 17.5 Å². The molecule has 0 saturated carbocycles. The zero-order valence-electron chi connectivity index (χ0n) is 15.4. The lowest BCUT2D eigenvalue weighted by atomic mass is 10.1. The summed E-state index contributed by atoms with van der Waals surface area (Å²) in [5.41, 5.74) is 2.35. The van der Waals surface area contributed by atoms with Crippen LogP contribution in [0.25, 0.3) is 0 Å². The highest BCUT2D eigenvalue weighted by molar-refractivity contribution is 14.0. The SMILES string of the molecule is CN=C(NCc1ccc(SC)cc1)N1CCOC(c2cnn(C)c2)C1.I. The van der Waals surface area contributed by atoms with E-state index in [0.29, 0.717) is 6.61 Å². The van der Waals surface area contributed by atoms with Crippen LogP contribution in [0.4, 0.5) is 0 Å². The number of hydrogen-bond acceptors (Lipinski definition) is 4. The standard InChI is InChI=1S/C18H25N5OS.HI/c1-19-18(20-10-14-4-6-16(25-3)7-5-14)23-8-9-24-17(13-23)15-11-21-22(2)12-15;/h4-7,11-12,17H,8-10,13H2,1-3H3,(H,19,20);1H. The number of hydrogen-bond donors (Lipinski definition) is 1. The van der Waals surface area contributed by atoms with Gasteiger partial charge in [-0.1, -0.05) is 12.1 Å². The number of aromatic nitrogens is 2. The van der Waals surface area contributed by atoms with Crippen molar-refractivity contribution in [2.24, 2.45) is 12.0 Å². The molecule has 6 nitrogen and oxygen atoms in total. The van der Waals surface area contributed by atoms with Gasteiger partial charge in [0.25, 0.3) is 0 Å². The average molecular weight is 487 g/mol. The summed E-state index contributed by atoms with van der Waals surface area (Å²) in [6.07, 6.45) is 6.00. The molecule has 0 aliphatic carbocycles. The zero-order valence-corrected chi connectivity index (χ0v) is 18.5. The normalized spacial score (nSPS) is 17.7. The number of ether oxygens (including phenoxy) is 1. The van der Waals surface area contributed by atoms with Gasteiger partial charge in [0.1, 0.15) is 6.10 Å². The molecule has 1 unspecified atom stereocenters. The van der Waals surface area contributed by atoms with Gasteiger partial charge in [0, 0.05) is 43.8 Å². The van der Waals surface area contributed by atoms with Crippen LogP contribution in [0.3, 0.4) is 0 Å². The minimum Gasteiger partial charge on any atom is -0.370 e. The van der Waals surface area contributed by atoms with E-state index in [9.17, 15) is 0 Å². The summed E-state index contributed by atoms with van der Waals surface area (Å²) in [6.45, 7) is 3.05. The first-order valence-electron chi connectivity index (χ1n) is 8.38. The Balaban J connectivity index is 0.00000243. The van der Waals surface area contributed by atoms with Gasteiger partial charge < -0.3 is 15.0 Å². The molecule has 1 aromatic carbocycles. The van der Waals surface area contributed by atoms with Crippen LogP contribution in [0, 0.1) is 0 Å². The number of morpholine rings is 1. The minimum atomic E-state index is 0. The van der Waals surface area contributed by atoms with E-state index in [1.165, 1.54) is 10.5 Å². The third-order valence-electron chi connectivity index (χ3n) is 4.28. The molecule has 0 bridgehead atoms. The van der Waals surface area contributed by atoms with E-state index in [2.05, 4.69) is 50.8 Å². The molecule has 8 heteroatoms. The summed E-state index contributed by atoms with van der Waals surface area (Å²) in [7, 11) is 3.75. The Morgan fingerprint density at radius 1 is 1.38 bits per heavy atom. The van der Waals surface area contributed by atoms with Crippen molar-refractivity contribution in [3.63, 3.8) is 0 Å². The minimum absolute atomic E-state index is 0. The van der Waals surface area contributed by atoms with Gasteiger partial charge in [0.05, 0.1) is 19.3 Å². The fourth-order valence-corrected chi connectivity index (χ4v) is 3.31. The molecule has 1 aliphatic heterocycles. The van der Waals surface area contributed by atoms with Crippen molar-refractivity contribution >= 4 is 41.7 Å². The highest BCUT2D eigenvalue weighted by Gasteiger charge is 2.25. The van der Waals surface area contributed by atoms with Gasteiger partial charge in [-0.3, -0.25) is 9.67 Å². The molecule has 0 radical (unpaired) electrons. The number of nitrogens with zero attached hydrogens (tertiary/aromatic N) is 4. The Labute approximate surface area is 176 Å². The van der Waals surface area contributed by atoms with E-state index in [1.54, 1.807) is 11.8 Å². The Hall–Kier alpha value is -1.26. The summed E-state index contributed by atoms with van der Waals surface area (Å²) in [5, 5.41) is 7.71. The predicted octanol–water partition coefficient (Wildman–Crippen LogP) is 2.91. The maximum absolute atomic E-state index is 5.91. The van der Waals surface area contributed by atoms with E-state index in [-0.39, 0.29) is 30.1 Å². The molecule has 0 amide bonds. The van der Waals surface area contributed by atoms with Crippen LogP contribution in [0.2, 0.25) is 0 Å². The summed E-state index contributed by atoms with van der Waals surface area (Å²) in [5.74, 6) is 0.908. The third-order valence-corrected chi connectivity index (χ3v) is 5.03. The molecule has 1 fully saturated rings. The Bertz CT molecular complexity index is 719. The van der Waals surface area contributed by atoms with Gasteiger partial charge in [-0.05, 0) is 24.0 Å². The molecule has 1 aromatic heterocycles. The molecule has 1 saturated heterocycles. The first-order chi connectivity index (χ1) is 12.2. The largest absolute Gasteiger partial charge is 0.370 e. The number of nitrogens with one attached hydrogen (secondary N) is 1. The highest BCUT2D eigenvalue weighted by Crippen LogP contribution is 2.21. The first kappa shape index (κ1) is 21.0. The number of benzene rings is 1. The maximum atomic E-state index is 5.91. The van der Waals surface area contributed by atoms with Gasteiger partial charge in [-0.2, -0.15) is 5.10 Å². The van der Waals surface area contributed by atoms with E-state index in [4.69, 9.17) is 4.74 Å². The number of guanidine groups is 1. The lowest BCUT2D eigenvalue weighted by molar-refractivity contribution is -0.00805. The summed E-state index contributed by atoms with van der Waals surface area (Å²) >= 11 is 1.76. The number of aliphatic imine (C=N–C) groups is 1.